The van der Waals surface area contributed by atoms with Crippen LogP contribution in [0.4, 0.5) is 0 Å². The Morgan fingerprint density at radius 3 is 3.00 bits per heavy atom. The van der Waals surface area contributed by atoms with Crippen molar-refractivity contribution < 1.29 is 4.74 Å². The molecule has 3 nitrogen and oxygen atoms in total. The second kappa shape index (κ2) is 4.85. The van der Waals surface area contributed by atoms with Crippen LogP contribution in [0.3, 0.4) is 0 Å². The molecule has 1 aliphatic rings. The average Bonchev–Trinajstić information content (AvgIpc) is 2.72. The monoisotopic (exact) mass is 220 g/mol. The third-order valence-electron chi connectivity index (χ3n) is 3.07. The lowest BCUT2D eigenvalue weighted by molar-refractivity contribution is 0.356. The van der Waals surface area contributed by atoms with Crippen molar-refractivity contribution in [2.24, 2.45) is 5.73 Å². The first-order chi connectivity index (χ1) is 7.70. The number of nitrogens with one attached hydrogen (secondary N) is 1. The number of rotatable bonds is 4. The third kappa shape index (κ3) is 2.36. The molecule has 3 heteroatoms. The van der Waals surface area contributed by atoms with Gasteiger partial charge >= 0.3 is 0 Å². The van der Waals surface area contributed by atoms with Crippen LogP contribution in [0.15, 0.2) is 18.2 Å². The van der Waals surface area contributed by atoms with Gasteiger partial charge in [0.15, 0.2) is 0 Å². The average molecular weight is 220 g/mol. The topological polar surface area (TPSA) is 47.3 Å². The zero-order valence-corrected chi connectivity index (χ0v) is 9.99. The van der Waals surface area contributed by atoms with E-state index in [0.717, 1.165) is 25.2 Å². The highest BCUT2D eigenvalue weighted by Crippen LogP contribution is 2.29. The van der Waals surface area contributed by atoms with Crippen molar-refractivity contribution in [1.82, 2.24) is 5.32 Å². The summed E-state index contributed by atoms with van der Waals surface area (Å²) in [6.45, 7) is 2.86. The smallest absolute Gasteiger partial charge is 0.122 e. The summed E-state index contributed by atoms with van der Waals surface area (Å²) in [5.74, 6) is 1.04. The molecule has 16 heavy (non-hydrogen) atoms. The first-order valence-electron chi connectivity index (χ1n) is 5.89. The predicted octanol–water partition coefficient (Wildman–Crippen LogP) is 1.62. The fraction of sp³-hybridized carbons (Fsp3) is 0.538. The Bertz CT molecular complexity index is 363. The third-order valence-corrected chi connectivity index (χ3v) is 3.07. The number of nitrogens with two attached hydrogens (primary N) is 1. The van der Waals surface area contributed by atoms with Crippen molar-refractivity contribution in [2.45, 2.75) is 31.8 Å². The minimum atomic E-state index is 0.210. The fourth-order valence-corrected chi connectivity index (χ4v) is 2.22. The van der Waals surface area contributed by atoms with Gasteiger partial charge < -0.3 is 15.8 Å². The van der Waals surface area contributed by atoms with E-state index in [9.17, 15) is 0 Å². The van der Waals surface area contributed by atoms with E-state index in [1.807, 2.05) is 14.0 Å². The van der Waals surface area contributed by atoms with E-state index >= 15 is 0 Å². The molecule has 0 radical (unpaired) electrons. The molecule has 1 aliphatic heterocycles. The van der Waals surface area contributed by atoms with Crippen LogP contribution in [-0.4, -0.2) is 19.7 Å². The summed E-state index contributed by atoms with van der Waals surface area (Å²) in [6, 6.07) is 7.00. The summed E-state index contributed by atoms with van der Waals surface area (Å²) in [4.78, 5) is 0. The highest BCUT2D eigenvalue weighted by atomic mass is 16.5. The van der Waals surface area contributed by atoms with Gasteiger partial charge in [-0.1, -0.05) is 12.1 Å². The molecule has 2 rings (SSSR count). The van der Waals surface area contributed by atoms with Crippen LogP contribution in [0.2, 0.25) is 0 Å². The van der Waals surface area contributed by atoms with Crippen molar-refractivity contribution in [3.05, 3.63) is 29.3 Å². The summed E-state index contributed by atoms with van der Waals surface area (Å²) in [5.41, 5.74) is 8.49. The molecule has 0 amide bonds. The van der Waals surface area contributed by atoms with Gasteiger partial charge in [-0.15, -0.1) is 0 Å². The highest BCUT2D eigenvalue weighted by molar-refractivity contribution is 5.40. The summed E-state index contributed by atoms with van der Waals surface area (Å²) in [6.07, 6.45) is 1.98. The van der Waals surface area contributed by atoms with Crippen molar-refractivity contribution >= 4 is 0 Å². The lowest BCUT2D eigenvalue weighted by atomic mass is 9.98. The van der Waals surface area contributed by atoms with E-state index in [0.29, 0.717) is 6.04 Å². The maximum atomic E-state index is 5.85. The lowest BCUT2D eigenvalue weighted by Gasteiger charge is -2.19. The van der Waals surface area contributed by atoms with E-state index in [-0.39, 0.29) is 6.04 Å². The van der Waals surface area contributed by atoms with Gasteiger partial charge in [-0.25, -0.2) is 0 Å². The van der Waals surface area contributed by atoms with Gasteiger partial charge in [0, 0.05) is 18.5 Å². The molecule has 2 atom stereocenters. The van der Waals surface area contributed by atoms with Gasteiger partial charge in [0.25, 0.3) is 0 Å². The van der Waals surface area contributed by atoms with Crippen LogP contribution >= 0.6 is 0 Å². The Morgan fingerprint density at radius 2 is 2.31 bits per heavy atom. The van der Waals surface area contributed by atoms with Crippen LogP contribution in [0.25, 0.3) is 0 Å². The summed E-state index contributed by atoms with van der Waals surface area (Å²) < 4.78 is 5.50. The van der Waals surface area contributed by atoms with Gasteiger partial charge in [-0.05, 0) is 37.6 Å². The summed E-state index contributed by atoms with van der Waals surface area (Å²) in [5, 5.41) is 3.32. The Balaban J connectivity index is 2.18. The molecule has 88 valence electrons. The second-order valence-corrected chi connectivity index (χ2v) is 4.52. The fourth-order valence-electron chi connectivity index (χ4n) is 2.22. The van der Waals surface area contributed by atoms with Crippen LogP contribution in [0, 0.1) is 0 Å². The highest BCUT2D eigenvalue weighted by Gasteiger charge is 2.16. The Hall–Kier alpha value is -1.06. The van der Waals surface area contributed by atoms with E-state index in [1.165, 1.54) is 11.1 Å². The largest absolute Gasteiger partial charge is 0.493 e. The predicted molar refractivity (Wildman–Crippen MR) is 65.7 cm³/mol. The molecule has 0 spiro atoms. The van der Waals surface area contributed by atoms with E-state index < -0.39 is 0 Å². The first kappa shape index (κ1) is 11.4. The maximum Gasteiger partial charge on any atom is 0.122 e. The van der Waals surface area contributed by atoms with E-state index in [2.05, 4.69) is 23.5 Å². The summed E-state index contributed by atoms with van der Waals surface area (Å²) >= 11 is 0. The molecule has 0 saturated heterocycles. The number of hydrogen-bond donors (Lipinski definition) is 2. The normalized spacial score (nSPS) is 17.7. The van der Waals surface area contributed by atoms with Gasteiger partial charge in [0.1, 0.15) is 5.75 Å². The molecular formula is C13H20N2O. The number of fused-ring (bicyclic) bond motifs is 1. The molecule has 0 bridgehead atoms. The van der Waals surface area contributed by atoms with Crippen molar-refractivity contribution in [3.8, 4) is 5.75 Å². The minimum Gasteiger partial charge on any atom is -0.493 e. The van der Waals surface area contributed by atoms with Gasteiger partial charge in [0.2, 0.25) is 0 Å². The van der Waals surface area contributed by atoms with Crippen LogP contribution in [-0.2, 0) is 6.42 Å². The molecule has 1 aromatic rings. The Morgan fingerprint density at radius 1 is 1.50 bits per heavy atom. The molecule has 0 aromatic heterocycles. The molecule has 0 fully saturated rings. The van der Waals surface area contributed by atoms with E-state index in [1.54, 1.807) is 0 Å². The SMILES string of the molecule is CNC(CC(C)N)c1ccc2c(c1)CCO2. The van der Waals surface area contributed by atoms with Crippen molar-refractivity contribution in [3.63, 3.8) is 0 Å². The number of hydrogen-bond acceptors (Lipinski definition) is 3. The van der Waals surface area contributed by atoms with Crippen LogP contribution < -0.4 is 15.8 Å². The molecule has 1 heterocycles. The molecular weight excluding hydrogens is 200 g/mol. The lowest BCUT2D eigenvalue weighted by Crippen LogP contribution is -2.25. The standard InChI is InChI=1S/C13H20N2O/c1-9(14)7-12(15-2)10-3-4-13-11(8-10)5-6-16-13/h3-4,8-9,12,15H,5-7,14H2,1-2H3. The Labute approximate surface area is 97.0 Å². The molecule has 3 N–H and O–H groups in total. The molecule has 1 aromatic carbocycles. The molecule has 2 unspecified atom stereocenters. The Kier molecular flexibility index (Phi) is 3.46. The van der Waals surface area contributed by atoms with Crippen LogP contribution in [0.5, 0.6) is 5.75 Å². The van der Waals surface area contributed by atoms with Crippen molar-refractivity contribution in [2.75, 3.05) is 13.7 Å². The maximum absolute atomic E-state index is 5.85. The number of benzene rings is 1. The number of ether oxygens (including phenoxy) is 1. The summed E-state index contributed by atoms with van der Waals surface area (Å²) in [7, 11) is 1.98. The molecule has 0 saturated carbocycles. The quantitative estimate of drug-likeness (QED) is 0.810. The second-order valence-electron chi connectivity index (χ2n) is 4.52. The van der Waals surface area contributed by atoms with Gasteiger partial charge in [-0.3, -0.25) is 0 Å². The zero-order valence-electron chi connectivity index (χ0n) is 9.99. The zero-order chi connectivity index (χ0) is 11.5. The van der Waals surface area contributed by atoms with Gasteiger partial charge in [-0.2, -0.15) is 0 Å². The minimum absolute atomic E-state index is 0.210. The molecule has 0 aliphatic carbocycles. The first-order valence-corrected chi connectivity index (χ1v) is 5.89. The van der Waals surface area contributed by atoms with Gasteiger partial charge in [0.05, 0.1) is 6.61 Å². The van der Waals surface area contributed by atoms with Crippen molar-refractivity contribution in [1.29, 1.82) is 0 Å². The van der Waals surface area contributed by atoms with Crippen LogP contribution in [0.1, 0.15) is 30.5 Å². The van der Waals surface area contributed by atoms with E-state index in [4.69, 9.17) is 10.5 Å².